The molecule has 1 aromatic heterocycles. The molecule has 1 atom stereocenters. The second-order valence-electron chi connectivity index (χ2n) is 5.59. The zero-order valence-corrected chi connectivity index (χ0v) is 12.0. The minimum absolute atomic E-state index is 0.0575. The van der Waals surface area contributed by atoms with Crippen molar-refractivity contribution in [1.29, 1.82) is 15.8 Å². The second kappa shape index (κ2) is 5.10. The molecule has 0 bridgehead atoms. The molecule has 0 saturated carbocycles. The Morgan fingerprint density at radius 1 is 1.18 bits per heavy atom. The van der Waals surface area contributed by atoms with E-state index < -0.39 is 11.3 Å². The number of hydrogen-bond donors (Lipinski definition) is 1. The predicted octanol–water partition coefficient (Wildman–Crippen LogP) is 3.02. The lowest BCUT2D eigenvalue weighted by atomic mass is 9.61. The third-order valence-electron chi connectivity index (χ3n) is 4.58. The van der Waals surface area contributed by atoms with Crippen molar-refractivity contribution in [2.24, 2.45) is 11.1 Å². The van der Waals surface area contributed by atoms with E-state index in [9.17, 15) is 15.8 Å². The van der Waals surface area contributed by atoms with Crippen LogP contribution in [-0.2, 0) is 0 Å². The Morgan fingerprint density at radius 3 is 2.50 bits per heavy atom. The molecule has 0 aromatic carbocycles. The lowest BCUT2D eigenvalue weighted by Crippen LogP contribution is -2.38. The lowest BCUT2D eigenvalue weighted by Gasteiger charge is -2.38. The summed E-state index contributed by atoms with van der Waals surface area (Å²) in [6.07, 6.45) is 4.99. The smallest absolute Gasteiger partial charge is 0.197 e. The van der Waals surface area contributed by atoms with E-state index in [1.54, 1.807) is 12.1 Å². The maximum Gasteiger partial charge on any atom is 0.197 e. The topological polar surface area (TPSA) is 111 Å². The standard InChI is InChI=1S/C17H14N4O/c18-8-13-11-4-1-2-5-12(11)15(14-6-3-7-22-14)17(9-19,10-20)16(13)21/h3,6-7,15H,1-2,4-5,21H2/t15-/m0/s1. The van der Waals surface area contributed by atoms with Crippen molar-refractivity contribution in [1.82, 2.24) is 0 Å². The Hall–Kier alpha value is -2.97. The Kier molecular flexibility index (Phi) is 3.24. The van der Waals surface area contributed by atoms with Gasteiger partial charge in [0.2, 0.25) is 0 Å². The summed E-state index contributed by atoms with van der Waals surface area (Å²) in [6, 6.07) is 9.73. The summed E-state index contributed by atoms with van der Waals surface area (Å²) in [4.78, 5) is 0. The van der Waals surface area contributed by atoms with E-state index in [1.165, 1.54) is 6.26 Å². The van der Waals surface area contributed by atoms with Gasteiger partial charge in [0.1, 0.15) is 11.8 Å². The van der Waals surface area contributed by atoms with Gasteiger partial charge in [0.15, 0.2) is 5.41 Å². The van der Waals surface area contributed by atoms with Gasteiger partial charge in [0.25, 0.3) is 0 Å². The van der Waals surface area contributed by atoms with E-state index in [2.05, 4.69) is 18.2 Å². The second-order valence-corrected chi connectivity index (χ2v) is 5.59. The molecule has 3 rings (SSSR count). The van der Waals surface area contributed by atoms with Gasteiger partial charge in [0, 0.05) is 0 Å². The summed E-state index contributed by atoms with van der Waals surface area (Å²) in [7, 11) is 0. The van der Waals surface area contributed by atoms with Crippen LogP contribution in [-0.4, -0.2) is 0 Å². The highest BCUT2D eigenvalue weighted by Crippen LogP contribution is 2.54. The molecule has 2 aliphatic carbocycles. The molecule has 5 heteroatoms. The Balaban J connectivity index is 2.34. The number of hydrogen-bond acceptors (Lipinski definition) is 5. The number of nitriles is 3. The maximum atomic E-state index is 9.72. The van der Waals surface area contributed by atoms with Crippen LogP contribution in [0.2, 0.25) is 0 Å². The van der Waals surface area contributed by atoms with Crippen LogP contribution in [0.25, 0.3) is 0 Å². The van der Waals surface area contributed by atoms with Crippen molar-refractivity contribution >= 4 is 0 Å². The molecule has 22 heavy (non-hydrogen) atoms. The molecule has 5 nitrogen and oxygen atoms in total. The molecule has 0 radical (unpaired) electrons. The van der Waals surface area contributed by atoms with Crippen LogP contribution in [0.1, 0.15) is 37.4 Å². The molecule has 0 spiro atoms. The van der Waals surface area contributed by atoms with Gasteiger partial charge in [-0.05, 0) is 43.4 Å². The molecule has 2 aliphatic rings. The average Bonchev–Trinajstić information content (AvgIpc) is 3.08. The largest absolute Gasteiger partial charge is 0.469 e. The van der Waals surface area contributed by atoms with Crippen molar-refractivity contribution < 1.29 is 4.42 Å². The molecule has 2 N–H and O–H groups in total. The van der Waals surface area contributed by atoms with Gasteiger partial charge in [-0.1, -0.05) is 5.57 Å². The molecule has 0 aliphatic heterocycles. The minimum atomic E-state index is -1.58. The van der Waals surface area contributed by atoms with Crippen LogP contribution >= 0.6 is 0 Å². The van der Waals surface area contributed by atoms with E-state index in [-0.39, 0.29) is 5.70 Å². The first kappa shape index (κ1) is 14.0. The summed E-state index contributed by atoms with van der Waals surface area (Å²) in [5.74, 6) is 0.0161. The fourth-order valence-corrected chi connectivity index (χ4v) is 3.55. The zero-order valence-electron chi connectivity index (χ0n) is 12.0. The molecule has 0 amide bonds. The van der Waals surface area contributed by atoms with Crippen LogP contribution in [0, 0.1) is 39.4 Å². The van der Waals surface area contributed by atoms with Crippen molar-refractivity contribution in [3.05, 3.63) is 46.6 Å². The normalized spacial score (nSPS) is 23.2. The number of furan rings is 1. The molecule has 0 unspecified atom stereocenters. The van der Waals surface area contributed by atoms with E-state index in [1.807, 2.05) is 0 Å². The van der Waals surface area contributed by atoms with Gasteiger partial charge in [-0.2, -0.15) is 15.8 Å². The van der Waals surface area contributed by atoms with Crippen molar-refractivity contribution in [3.8, 4) is 18.2 Å². The average molecular weight is 290 g/mol. The quantitative estimate of drug-likeness (QED) is 0.854. The van der Waals surface area contributed by atoms with Crippen molar-refractivity contribution in [2.75, 3.05) is 0 Å². The first-order valence-corrected chi connectivity index (χ1v) is 7.18. The number of nitrogens with zero attached hydrogens (tertiary/aromatic N) is 3. The number of nitrogens with two attached hydrogens (primary N) is 1. The van der Waals surface area contributed by atoms with Crippen LogP contribution in [0.15, 0.2) is 45.2 Å². The summed E-state index contributed by atoms with van der Waals surface area (Å²) in [5, 5.41) is 28.9. The monoisotopic (exact) mass is 290 g/mol. The number of rotatable bonds is 1. The molecular formula is C17H14N4O. The Bertz CT molecular complexity index is 779. The summed E-state index contributed by atoms with van der Waals surface area (Å²) in [5.41, 5.74) is 6.76. The zero-order chi connectivity index (χ0) is 15.7. The van der Waals surface area contributed by atoms with Crippen LogP contribution < -0.4 is 5.73 Å². The first-order chi connectivity index (χ1) is 10.7. The van der Waals surface area contributed by atoms with E-state index in [0.29, 0.717) is 11.3 Å². The highest BCUT2D eigenvalue weighted by molar-refractivity contribution is 5.61. The lowest BCUT2D eigenvalue weighted by molar-refractivity contribution is 0.389. The molecule has 1 aromatic rings. The van der Waals surface area contributed by atoms with E-state index in [4.69, 9.17) is 10.2 Å². The third kappa shape index (κ3) is 1.68. The van der Waals surface area contributed by atoms with Crippen LogP contribution in [0.4, 0.5) is 0 Å². The highest BCUT2D eigenvalue weighted by atomic mass is 16.3. The fraction of sp³-hybridized carbons (Fsp3) is 0.353. The summed E-state index contributed by atoms with van der Waals surface area (Å²) >= 11 is 0. The van der Waals surface area contributed by atoms with Gasteiger partial charge >= 0.3 is 0 Å². The molecular weight excluding hydrogens is 276 g/mol. The van der Waals surface area contributed by atoms with Gasteiger partial charge in [-0.15, -0.1) is 0 Å². The van der Waals surface area contributed by atoms with Gasteiger partial charge in [-0.3, -0.25) is 0 Å². The molecule has 108 valence electrons. The SMILES string of the molecule is N#CC1=C(N)C(C#N)(C#N)[C@H](c2ccco2)C2=C1CCCC2. The predicted molar refractivity (Wildman–Crippen MR) is 77.4 cm³/mol. The Labute approximate surface area is 128 Å². The maximum absolute atomic E-state index is 9.72. The van der Waals surface area contributed by atoms with Crippen molar-refractivity contribution in [3.63, 3.8) is 0 Å². The minimum Gasteiger partial charge on any atom is -0.469 e. The van der Waals surface area contributed by atoms with E-state index in [0.717, 1.165) is 36.8 Å². The van der Waals surface area contributed by atoms with Gasteiger partial charge < -0.3 is 10.2 Å². The fourth-order valence-electron chi connectivity index (χ4n) is 3.55. The highest BCUT2D eigenvalue weighted by Gasteiger charge is 2.52. The van der Waals surface area contributed by atoms with Gasteiger partial charge in [0.05, 0.1) is 35.6 Å². The number of allylic oxidation sites excluding steroid dienone is 4. The van der Waals surface area contributed by atoms with E-state index >= 15 is 0 Å². The van der Waals surface area contributed by atoms with Crippen LogP contribution in [0.5, 0.6) is 0 Å². The summed E-state index contributed by atoms with van der Waals surface area (Å²) in [6.45, 7) is 0. The third-order valence-corrected chi connectivity index (χ3v) is 4.58. The van der Waals surface area contributed by atoms with Crippen molar-refractivity contribution in [2.45, 2.75) is 31.6 Å². The van der Waals surface area contributed by atoms with Gasteiger partial charge in [-0.25, -0.2) is 0 Å². The molecule has 0 fully saturated rings. The van der Waals surface area contributed by atoms with Crippen LogP contribution in [0.3, 0.4) is 0 Å². The molecule has 0 saturated heterocycles. The first-order valence-electron chi connectivity index (χ1n) is 7.18. The summed E-state index contributed by atoms with van der Waals surface area (Å²) < 4.78 is 5.50. The Morgan fingerprint density at radius 2 is 1.91 bits per heavy atom. The molecule has 1 heterocycles.